The normalized spacial score (nSPS) is 21.7. The summed E-state index contributed by atoms with van der Waals surface area (Å²) in [4.78, 5) is 39.0. The van der Waals surface area contributed by atoms with E-state index in [0.29, 0.717) is 18.4 Å². The molecule has 0 bridgehead atoms. The fourth-order valence-electron chi connectivity index (χ4n) is 4.00. The van der Waals surface area contributed by atoms with E-state index in [1.54, 1.807) is 4.90 Å². The molecule has 0 aromatic carbocycles. The van der Waals surface area contributed by atoms with Crippen molar-refractivity contribution in [3.8, 4) is 0 Å². The molecular weight excluding hydrogens is 354 g/mol. The van der Waals surface area contributed by atoms with Crippen LogP contribution in [0, 0.1) is 17.3 Å². The molecule has 1 saturated heterocycles. The zero-order chi connectivity index (χ0) is 21.7. The molecule has 1 fully saturated rings. The average molecular weight is 396 g/mol. The van der Waals surface area contributed by atoms with Crippen LogP contribution in [0.4, 0.5) is 0 Å². The minimum Gasteiger partial charge on any atom is -0.350 e. The lowest BCUT2D eigenvalue weighted by Crippen LogP contribution is -2.57. The molecule has 0 saturated carbocycles. The first-order valence-corrected chi connectivity index (χ1v) is 10.6. The van der Waals surface area contributed by atoms with Crippen molar-refractivity contribution in [1.29, 1.82) is 0 Å². The maximum atomic E-state index is 13.3. The van der Waals surface area contributed by atoms with Crippen LogP contribution in [-0.4, -0.2) is 53.7 Å². The lowest BCUT2D eigenvalue weighted by molar-refractivity contribution is -0.139. The molecule has 28 heavy (non-hydrogen) atoms. The van der Waals surface area contributed by atoms with E-state index < -0.39 is 6.04 Å². The quantitative estimate of drug-likeness (QED) is 0.589. The number of hydrogen-bond donors (Lipinski definition) is 2. The Kier molecular flexibility index (Phi) is 8.66. The van der Waals surface area contributed by atoms with Gasteiger partial charge in [-0.15, -0.1) is 0 Å². The molecule has 162 valence electrons. The van der Waals surface area contributed by atoms with Crippen LogP contribution >= 0.6 is 0 Å². The van der Waals surface area contributed by atoms with Crippen LogP contribution < -0.4 is 10.6 Å². The second-order valence-corrected chi connectivity index (χ2v) is 10.3. The van der Waals surface area contributed by atoms with Crippen molar-refractivity contribution in [3.05, 3.63) is 0 Å². The molecule has 2 unspecified atom stereocenters. The summed E-state index contributed by atoms with van der Waals surface area (Å²) in [5, 5.41) is 6.20. The highest BCUT2D eigenvalue weighted by molar-refractivity contribution is 5.87. The van der Waals surface area contributed by atoms with E-state index in [-0.39, 0.29) is 35.4 Å². The van der Waals surface area contributed by atoms with Crippen LogP contribution in [0.25, 0.3) is 0 Å². The van der Waals surface area contributed by atoms with Crippen molar-refractivity contribution in [2.45, 2.75) is 92.3 Å². The van der Waals surface area contributed by atoms with Crippen LogP contribution in [0.2, 0.25) is 0 Å². The highest BCUT2D eigenvalue weighted by atomic mass is 16.2. The Balaban J connectivity index is 2.84. The predicted molar refractivity (Wildman–Crippen MR) is 113 cm³/mol. The van der Waals surface area contributed by atoms with Gasteiger partial charge in [0, 0.05) is 12.1 Å². The lowest BCUT2D eigenvalue weighted by atomic mass is 9.85. The molecule has 6 heteroatoms. The minimum atomic E-state index is -0.527. The molecule has 0 spiro atoms. The second-order valence-electron chi connectivity index (χ2n) is 10.3. The van der Waals surface area contributed by atoms with Gasteiger partial charge in [-0.3, -0.25) is 14.9 Å². The highest BCUT2D eigenvalue weighted by Crippen LogP contribution is 2.31. The molecule has 2 N–H and O–H groups in total. The van der Waals surface area contributed by atoms with Crippen LogP contribution in [0.3, 0.4) is 0 Å². The van der Waals surface area contributed by atoms with E-state index in [1.165, 1.54) is 0 Å². The summed E-state index contributed by atoms with van der Waals surface area (Å²) in [6.45, 7) is 17.0. The highest BCUT2D eigenvalue weighted by Gasteiger charge is 2.42. The van der Waals surface area contributed by atoms with Crippen molar-refractivity contribution >= 4 is 18.1 Å². The van der Waals surface area contributed by atoms with Crippen LogP contribution in [0.5, 0.6) is 0 Å². The molecule has 1 heterocycles. The molecule has 0 aromatic heterocycles. The fourth-order valence-corrected chi connectivity index (χ4v) is 4.00. The van der Waals surface area contributed by atoms with Gasteiger partial charge in [0.05, 0.1) is 18.6 Å². The average Bonchev–Trinajstić information content (AvgIpc) is 2.97. The smallest absolute Gasteiger partial charge is 0.240 e. The number of amides is 2. The van der Waals surface area contributed by atoms with Gasteiger partial charge in [0.25, 0.3) is 0 Å². The van der Waals surface area contributed by atoms with Gasteiger partial charge >= 0.3 is 0 Å². The van der Waals surface area contributed by atoms with Crippen molar-refractivity contribution in [3.63, 3.8) is 0 Å². The first-order valence-electron chi connectivity index (χ1n) is 10.6. The summed E-state index contributed by atoms with van der Waals surface area (Å²) >= 11 is 0. The maximum Gasteiger partial charge on any atom is 0.240 e. The van der Waals surface area contributed by atoms with Gasteiger partial charge in [-0.25, -0.2) is 0 Å². The Morgan fingerprint density at radius 3 is 2.25 bits per heavy atom. The monoisotopic (exact) mass is 395 g/mol. The van der Waals surface area contributed by atoms with Crippen molar-refractivity contribution in [2.24, 2.45) is 17.3 Å². The van der Waals surface area contributed by atoms with E-state index in [4.69, 9.17) is 0 Å². The third-order valence-corrected chi connectivity index (χ3v) is 5.69. The Morgan fingerprint density at radius 1 is 1.18 bits per heavy atom. The molecule has 3 atom stereocenters. The number of carbonyl (C=O) groups excluding carboxylic acids is 3. The molecule has 1 rings (SSSR count). The molecule has 0 aliphatic carbocycles. The third kappa shape index (κ3) is 6.87. The van der Waals surface area contributed by atoms with Crippen LogP contribution in [0.1, 0.15) is 74.7 Å². The second kappa shape index (κ2) is 9.86. The summed E-state index contributed by atoms with van der Waals surface area (Å²) in [6, 6.07) is -0.898. The number of likely N-dealkylation sites (tertiary alicyclic amines) is 1. The summed E-state index contributed by atoms with van der Waals surface area (Å²) in [7, 11) is 0. The van der Waals surface area contributed by atoms with Gasteiger partial charge in [-0.05, 0) is 43.9 Å². The molecule has 0 aromatic rings. The zero-order valence-electron chi connectivity index (χ0n) is 19.1. The van der Waals surface area contributed by atoms with Crippen LogP contribution in [0.15, 0.2) is 0 Å². The number of nitrogens with zero attached hydrogens (tertiary/aromatic N) is 1. The molecular formula is C22H41N3O3. The standard InChI is InChI=1S/C22H41N3O3/c1-9-10-22(7,8)24-18(27)12-23-19(21(4,5)6)20(28)25-13-16(15(2)3)11-17(25)14-26/h14-17,19,23H,9-13H2,1-8H3,(H,24,27)/t16-,17?,19?/m1/s1. The largest absolute Gasteiger partial charge is 0.350 e. The van der Waals surface area contributed by atoms with E-state index in [2.05, 4.69) is 31.4 Å². The molecule has 1 aliphatic heterocycles. The molecule has 2 amide bonds. The van der Waals surface area contributed by atoms with Crippen molar-refractivity contribution < 1.29 is 14.4 Å². The van der Waals surface area contributed by atoms with Gasteiger partial charge in [0.2, 0.25) is 11.8 Å². The fraction of sp³-hybridized carbons (Fsp3) is 0.864. The zero-order valence-corrected chi connectivity index (χ0v) is 19.1. The van der Waals surface area contributed by atoms with Crippen LogP contribution in [-0.2, 0) is 14.4 Å². The summed E-state index contributed by atoms with van der Waals surface area (Å²) in [5.74, 6) is 0.549. The summed E-state index contributed by atoms with van der Waals surface area (Å²) in [6.07, 6.45) is 3.49. The van der Waals surface area contributed by atoms with Crippen molar-refractivity contribution in [2.75, 3.05) is 13.1 Å². The SMILES string of the molecule is CCCC(C)(C)NC(=O)CNC(C(=O)N1C[C@H](C(C)C)CC1C=O)C(C)(C)C. The van der Waals surface area contributed by atoms with Crippen molar-refractivity contribution in [1.82, 2.24) is 15.5 Å². The Hall–Kier alpha value is -1.43. The molecule has 6 nitrogen and oxygen atoms in total. The lowest BCUT2D eigenvalue weighted by Gasteiger charge is -2.35. The van der Waals surface area contributed by atoms with Gasteiger partial charge < -0.3 is 15.0 Å². The number of carbonyl (C=O) groups is 3. The summed E-state index contributed by atoms with van der Waals surface area (Å²) < 4.78 is 0. The van der Waals surface area contributed by atoms with E-state index in [0.717, 1.165) is 25.5 Å². The Morgan fingerprint density at radius 2 is 1.79 bits per heavy atom. The van der Waals surface area contributed by atoms with E-state index in [9.17, 15) is 14.4 Å². The molecule has 0 radical (unpaired) electrons. The Labute approximate surface area is 171 Å². The van der Waals surface area contributed by atoms with E-state index >= 15 is 0 Å². The van der Waals surface area contributed by atoms with Gasteiger partial charge in [-0.2, -0.15) is 0 Å². The number of aldehydes is 1. The maximum absolute atomic E-state index is 13.3. The molecule has 1 aliphatic rings. The third-order valence-electron chi connectivity index (χ3n) is 5.69. The minimum absolute atomic E-state index is 0.0774. The number of hydrogen-bond acceptors (Lipinski definition) is 4. The Bertz CT molecular complexity index is 552. The number of rotatable bonds is 9. The van der Waals surface area contributed by atoms with Gasteiger partial charge in [-0.1, -0.05) is 48.0 Å². The summed E-state index contributed by atoms with van der Waals surface area (Å²) in [5.41, 5.74) is -0.642. The predicted octanol–water partition coefficient (Wildman–Crippen LogP) is 2.76. The van der Waals surface area contributed by atoms with Gasteiger partial charge in [0.15, 0.2) is 0 Å². The number of nitrogens with one attached hydrogen (secondary N) is 2. The first kappa shape index (κ1) is 24.6. The van der Waals surface area contributed by atoms with E-state index in [1.807, 2.05) is 34.6 Å². The topological polar surface area (TPSA) is 78.5 Å². The first-order chi connectivity index (χ1) is 12.8. The van der Waals surface area contributed by atoms with Gasteiger partial charge in [0.1, 0.15) is 6.29 Å².